The fourth-order valence-corrected chi connectivity index (χ4v) is 3.95. The largest absolute Gasteiger partial charge is 0.321 e. The van der Waals surface area contributed by atoms with Gasteiger partial charge in [0, 0.05) is 4.88 Å². The Bertz CT molecular complexity index is 732. The Morgan fingerprint density at radius 3 is 2.84 bits per heavy atom. The van der Waals surface area contributed by atoms with E-state index in [1.165, 1.54) is 16.0 Å². The summed E-state index contributed by atoms with van der Waals surface area (Å²) in [4.78, 5) is 5.91. The third-order valence-corrected chi connectivity index (χ3v) is 4.96. The minimum atomic E-state index is 0.431. The summed E-state index contributed by atoms with van der Waals surface area (Å²) in [5, 5.41) is 0. The standard InChI is InChI=1S/C14H12BrClN2S/c1-9-3-2-4-11-14(9)18(13(7-16)17-11)8-10-5-6-12(15)19-10/h2-6H,7-8H2,1H3. The van der Waals surface area contributed by atoms with E-state index < -0.39 is 0 Å². The van der Waals surface area contributed by atoms with Crippen molar-refractivity contribution in [1.29, 1.82) is 0 Å². The maximum absolute atomic E-state index is 6.04. The number of hydrogen-bond donors (Lipinski definition) is 0. The molecular weight excluding hydrogens is 344 g/mol. The second-order valence-electron chi connectivity index (χ2n) is 4.40. The van der Waals surface area contributed by atoms with E-state index in [-0.39, 0.29) is 0 Å². The van der Waals surface area contributed by atoms with Gasteiger partial charge in [-0.2, -0.15) is 0 Å². The van der Waals surface area contributed by atoms with E-state index in [4.69, 9.17) is 11.6 Å². The van der Waals surface area contributed by atoms with Crippen molar-refractivity contribution in [2.24, 2.45) is 0 Å². The van der Waals surface area contributed by atoms with E-state index >= 15 is 0 Å². The van der Waals surface area contributed by atoms with Crippen molar-refractivity contribution in [1.82, 2.24) is 9.55 Å². The van der Waals surface area contributed by atoms with Crippen LogP contribution in [0.15, 0.2) is 34.1 Å². The van der Waals surface area contributed by atoms with Crippen molar-refractivity contribution in [3.63, 3.8) is 0 Å². The number of rotatable bonds is 3. The maximum atomic E-state index is 6.04. The minimum absolute atomic E-state index is 0.431. The number of thiophene rings is 1. The highest BCUT2D eigenvalue weighted by Gasteiger charge is 2.12. The molecule has 0 aliphatic rings. The van der Waals surface area contributed by atoms with Gasteiger partial charge in [0.25, 0.3) is 0 Å². The number of imidazole rings is 1. The summed E-state index contributed by atoms with van der Waals surface area (Å²) in [6.07, 6.45) is 0. The maximum Gasteiger partial charge on any atom is 0.125 e. The van der Waals surface area contributed by atoms with Crippen LogP contribution in [0.1, 0.15) is 16.3 Å². The smallest absolute Gasteiger partial charge is 0.125 e. The number of para-hydroxylation sites is 1. The molecule has 1 aromatic carbocycles. The molecule has 0 aliphatic carbocycles. The van der Waals surface area contributed by atoms with Gasteiger partial charge < -0.3 is 4.57 Å². The Morgan fingerprint density at radius 1 is 1.32 bits per heavy atom. The van der Waals surface area contributed by atoms with Gasteiger partial charge in [-0.3, -0.25) is 0 Å². The van der Waals surface area contributed by atoms with Crippen LogP contribution in [-0.4, -0.2) is 9.55 Å². The Hall–Kier alpha value is -0.840. The summed E-state index contributed by atoms with van der Waals surface area (Å²) in [5.74, 6) is 1.36. The average Bonchev–Trinajstić information content (AvgIpc) is 2.95. The number of aromatic nitrogens is 2. The van der Waals surface area contributed by atoms with Crippen molar-refractivity contribution in [3.8, 4) is 0 Å². The third-order valence-electron chi connectivity index (χ3n) is 3.11. The Morgan fingerprint density at radius 2 is 2.16 bits per heavy atom. The molecule has 0 N–H and O–H groups in total. The fourth-order valence-electron chi connectivity index (χ4n) is 2.28. The van der Waals surface area contributed by atoms with Gasteiger partial charge in [0.2, 0.25) is 0 Å². The fraction of sp³-hybridized carbons (Fsp3) is 0.214. The van der Waals surface area contributed by atoms with Crippen LogP contribution in [0.3, 0.4) is 0 Å². The van der Waals surface area contributed by atoms with Crippen LogP contribution in [0.4, 0.5) is 0 Å². The zero-order valence-corrected chi connectivity index (χ0v) is 13.5. The van der Waals surface area contributed by atoms with Gasteiger partial charge in [-0.15, -0.1) is 22.9 Å². The van der Waals surface area contributed by atoms with Crippen molar-refractivity contribution in [2.75, 3.05) is 0 Å². The first-order valence-electron chi connectivity index (χ1n) is 5.94. The average molecular weight is 356 g/mol. The monoisotopic (exact) mass is 354 g/mol. The van der Waals surface area contributed by atoms with Gasteiger partial charge >= 0.3 is 0 Å². The highest BCUT2D eigenvalue weighted by Crippen LogP contribution is 2.26. The van der Waals surface area contributed by atoms with Crippen LogP contribution < -0.4 is 0 Å². The highest BCUT2D eigenvalue weighted by atomic mass is 79.9. The minimum Gasteiger partial charge on any atom is -0.321 e. The lowest BCUT2D eigenvalue weighted by atomic mass is 10.2. The van der Waals surface area contributed by atoms with E-state index in [2.05, 4.69) is 50.6 Å². The molecule has 2 heterocycles. The van der Waals surface area contributed by atoms with E-state index in [9.17, 15) is 0 Å². The van der Waals surface area contributed by atoms with Gasteiger partial charge in [-0.05, 0) is 46.6 Å². The molecule has 0 bridgehead atoms. The lowest BCUT2D eigenvalue weighted by Gasteiger charge is -2.07. The number of benzene rings is 1. The summed E-state index contributed by atoms with van der Waals surface area (Å²) in [6, 6.07) is 10.4. The van der Waals surface area contributed by atoms with E-state index in [0.717, 1.165) is 21.7 Å². The first kappa shape index (κ1) is 13.2. The molecule has 0 spiro atoms. The van der Waals surface area contributed by atoms with Gasteiger partial charge in [-0.25, -0.2) is 4.98 Å². The normalized spacial score (nSPS) is 11.3. The molecule has 98 valence electrons. The number of halogens is 2. The number of alkyl halides is 1. The number of aryl methyl sites for hydroxylation is 1. The summed E-state index contributed by atoms with van der Waals surface area (Å²) in [5.41, 5.74) is 3.44. The predicted octanol–water partition coefficient (Wildman–Crippen LogP) is 4.96. The van der Waals surface area contributed by atoms with Gasteiger partial charge in [0.15, 0.2) is 0 Å². The SMILES string of the molecule is Cc1cccc2nc(CCl)n(Cc3ccc(Br)s3)c12. The van der Waals surface area contributed by atoms with Crippen molar-refractivity contribution in [3.05, 3.63) is 50.4 Å². The van der Waals surface area contributed by atoms with E-state index in [1.54, 1.807) is 11.3 Å². The van der Waals surface area contributed by atoms with Crippen LogP contribution in [0.5, 0.6) is 0 Å². The number of fused-ring (bicyclic) bond motifs is 1. The lowest BCUT2D eigenvalue weighted by molar-refractivity contribution is 0.787. The second-order valence-corrected chi connectivity index (χ2v) is 7.21. The molecular formula is C14H12BrClN2S. The molecule has 0 aliphatic heterocycles. The number of hydrogen-bond acceptors (Lipinski definition) is 2. The van der Waals surface area contributed by atoms with Gasteiger partial charge in [-0.1, -0.05) is 12.1 Å². The van der Waals surface area contributed by atoms with Crippen molar-refractivity contribution < 1.29 is 0 Å². The highest BCUT2D eigenvalue weighted by molar-refractivity contribution is 9.11. The van der Waals surface area contributed by atoms with Crippen LogP contribution in [0.2, 0.25) is 0 Å². The lowest BCUT2D eigenvalue weighted by Crippen LogP contribution is -2.03. The molecule has 19 heavy (non-hydrogen) atoms. The first-order valence-corrected chi connectivity index (χ1v) is 8.08. The Balaban J connectivity index is 2.15. The molecule has 2 nitrogen and oxygen atoms in total. The molecule has 3 aromatic rings. The molecule has 0 amide bonds. The molecule has 3 rings (SSSR count). The first-order chi connectivity index (χ1) is 9.19. The Labute approximate surface area is 129 Å². The predicted molar refractivity (Wildman–Crippen MR) is 85.1 cm³/mol. The van der Waals surface area contributed by atoms with Crippen molar-refractivity contribution in [2.45, 2.75) is 19.3 Å². The van der Waals surface area contributed by atoms with Gasteiger partial charge in [0.1, 0.15) is 5.82 Å². The number of nitrogens with zero attached hydrogens (tertiary/aromatic N) is 2. The van der Waals surface area contributed by atoms with Crippen molar-refractivity contribution >= 4 is 49.9 Å². The molecule has 0 saturated carbocycles. The molecule has 0 unspecified atom stereocenters. The van der Waals surface area contributed by atoms with Crippen LogP contribution >= 0.6 is 38.9 Å². The molecule has 0 saturated heterocycles. The summed E-state index contributed by atoms with van der Waals surface area (Å²) >= 11 is 11.3. The quantitative estimate of drug-likeness (QED) is 0.607. The molecule has 0 radical (unpaired) electrons. The zero-order chi connectivity index (χ0) is 13.4. The van der Waals surface area contributed by atoms with E-state index in [0.29, 0.717) is 5.88 Å². The van der Waals surface area contributed by atoms with Crippen LogP contribution in [-0.2, 0) is 12.4 Å². The third kappa shape index (κ3) is 2.45. The molecule has 2 aromatic heterocycles. The second kappa shape index (κ2) is 5.27. The summed E-state index contributed by atoms with van der Waals surface area (Å²) in [6.45, 7) is 2.93. The topological polar surface area (TPSA) is 17.8 Å². The molecule has 0 fully saturated rings. The van der Waals surface area contributed by atoms with Crippen LogP contribution in [0, 0.1) is 6.92 Å². The Kier molecular flexibility index (Phi) is 3.65. The summed E-state index contributed by atoms with van der Waals surface area (Å²) < 4.78 is 3.37. The van der Waals surface area contributed by atoms with Crippen LogP contribution in [0.25, 0.3) is 11.0 Å². The zero-order valence-electron chi connectivity index (χ0n) is 10.4. The molecule has 5 heteroatoms. The van der Waals surface area contributed by atoms with Gasteiger partial charge in [0.05, 0.1) is 27.2 Å². The summed E-state index contributed by atoms with van der Waals surface area (Å²) in [7, 11) is 0. The van der Waals surface area contributed by atoms with E-state index in [1.807, 2.05) is 12.1 Å². The molecule has 0 atom stereocenters.